The van der Waals surface area contributed by atoms with Crippen LogP contribution in [0.15, 0.2) is 97.3 Å². The third-order valence-corrected chi connectivity index (χ3v) is 6.06. The molecule has 0 aliphatic carbocycles. The van der Waals surface area contributed by atoms with Crippen molar-refractivity contribution in [3.63, 3.8) is 0 Å². The van der Waals surface area contributed by atoms with E-state index in [1.807, 2.05) is 6.07 Å². The van der Waals surface area contributed by atoms with Gasteiger partial charge in [-0.05, 0) is 67.6 Å². The third-order valence-electron chi connectivity index (χ3n) is 6.06. The van der Waals surface area contributed by atoms with Crippen LogP contribution in [0.4, 0.5) is 8.78 Å². The van der Waals surface area contributed by atoms with Crippen molar-refractivity contribution in [3.05, 3.63) is 120 Å². The number of benzene rings is 2. The number of aliphatic hydroxyl groups excluding tert-OH is 1. The molecule has 2 aromatic carbocycles. The Balaban J connectivity index is 0.000000158. The highest BCUT2D eigenvalue weighted by Gasteiger charge is 2.16. The maximum atomic E-state index is 14.0. The van der Waals surface area contributed by atoms with Crippen LogP contribution >= 0.6 is 0 Å². The molecule has 0 aliphatic heterocycles. The van der Waals surface area contributed by atoms with Gasteiger partial charge < -0.3 is 5.11 Å². The molecule has 0 aliphatic rings. The molecule has 0 saturated carbocycles. The van der Waals surface area contributed by atoms with Gasteiger partial charge in [-0.25, -0.2) is 18.7 Å². The average molecular weight is 521 g/mol. The third kappa shape index (κ3) is 5.37. The Morgan fingerprint density at radius 3 is 1.74 bits per heavy atom. The number of aldehydes is 1. The van der Waals surface area contributed by atoms with E-state index in [0.29, 0.717) is 62.0 Å². The number of aromatic nitrogens is 4. The van der Waals surface area contributed by atoms with Gasteiger partial charge in [0.05, 0.1) is 39.6 Å². The Kier molecular flexibility index (Phi) is 7.38. The summed E-state index contributed by atoms with van der Waals surface area (Å²) in [6, 6.07) is 23.2. The predicted octanol–water partition coefficient (Wildman–Crippen LogP) is 6.74. The number of carbonyl (C=O) groups excluding carboxylic acids is 1. The molecule has 0 fully saturated rings. The lowest BCUT2D eigenvalue weighted by Gasteiger charge is -2.13. The van der Waals surface area contributed by atoms with Crippen molar-refractivity contribution in [1.29, 1.82) is 0 Å². The second-order valence-corrected chi connectivity index (χ2v) is 8.69. The Bertz CT molecular complexity index is 1810. The van der Waals surface area contributed by atoms with Crippen LogP contribution in [0.2, 0.25) is 0 Å². The fourth-order valence-electron chi connectivity index (χ4n) is 4.18. The van der Waals surface area contributed by atoms with E-state index in [0.717, 1.165) is 0 Å². The quantitative estimate of drug-likeness (QED) is 0.259. The minimum Gasteiger partial charge on any atom is -0.389 e. The zero-order chi connectivity index (χ0) is 27.4. The first-order valence-electron chi connectivity index (χ1n) is 12.1. The lowest BCUT2D eigenvalue weighted by Crippen LogP contribution is -2.00. The number of hydrogen-bond acceptors (Lipinski definition) is 6. The first-order valence-corrected chi connectivity index (χ1v) is 12.1. The maximum Gasteiger partial charge on any atom is 0.152 e. The van der Waals surface area contributed by atoms with Crippen molar-refractivity contribution in [1.82, 2.24) is 19.9 Å². The molecule has 6 nitrogen and oxygen atoms in total. The highest BCUT2D eigenvalue weighted by molar-refractivity contribution is 5.92. The van der Waals surface area contributed by atoms with Gasteiger partial charge in [0.25, 0.3) is 0 Å². The molecule has 192 valence electrons. The van der Waals surface area contributed by atoms with Crippen molar-refractivity contribution in [3.8, 4) is 22.5 Å². The van der Waals surface area contributed by atoms with Crippen molar-refractivity contribution in [2.45, 2.75) is 13.0 Å². The van der Waals surface area contributed by atoms with E-state index in [1.165, 1.54) is 12.1 Å². The number of rotatable bonds is 4. The SMILES string of the molecule is CC(O)c1cc2ncccc2nc1-c1ccccc1F.O=Cc1cc2ncccc2nc1-c1ccccc1F. The van der Waals surface area contributed by atoms with Crippen molar-refractivity contribution in [2.24, 2.45) is 0 Å². The fourth-order valence-corrected chi connectivity index (χ4v) is 4.18. The number of halogens is 2. The first-order chi connectivity index (χ1) is 19.0. The average Bonchev–Trinajstić information content (AvgIpc) is 2.96. The van der Waals surface area contributed by atoms with Gasteiger partial charge in [-0.3, -0.25) is 14.8 Å². The number of nitrogens with zero attached hydrogens (tertiary/aromatic N) is 4. The van der Waals surface area contributed by atoms with E-state index >= 15 is 0 Å². The summed E-state index contributed by atoms with van der Waals surface area (Å²) in [5, 5.41) is 9.93. The molecule has 0 radical (unpaired) electrons. The zero-order valence-electron chi connectivity index (χ0n) is 20.8. The molecule has 0 saturated heterocycles. The maximum absolute atomic E-state index is 14.0. The molecule has 4 heterocycles. The van der Waals surface area contributed by atoms with E-state index in [1.54, 1.807) is 86.0 Å². The van der Waals surface area contributed by atoms with Gasteiger partial charge >= 0.3 is 0 Å². The Labute approximate surface area is 222 Å². The van der Waals surface area contributed by atoms with E-state index in [2.05, 4.69) is 19.9 Å². The molecule has 1 unspecified atom stereocenters. The van der Waals surface area contributed by atoms with Gasteiger partial charge in [-0.1, -0.05) is 24.3 Å². The van der Waals surface area contributed by atoms with Crippen LogP contribution < -0.4 is 0 Å². The Morgan fingerprint density at radius 1 is 0.692 bits per heavy atom. The van der Waals surface area contributed by atoms with E-state index in [9.17, 15) is 18.7 Å². The molecule has 8 heteroatoms. The van der Waals surface area contributed by atoms with Crippen molar-refractivity contribution in [2.75, 3.05) is 0 Å². The van der Waals surface area contributed by atoms with Gasteiger partial charge in [0.15, 0.2) is 6.29 Å². The lowest BCUT2D eigenvalue weighted by atomic mass is 10.0. The molecular weight excluding hydrogens is 498 g/mol. The second kappa shape index (κ2) is 11.2. The van der Waals surface area contributed by atoms with Gasteiger partial charge in [0, 0.05) is 34.6 Å². The predicted molar refractivity (Wildman–Crippen MR) is 146 cm³/mol. The lowest BCUT2D eigenvalue weighted by molar-refractivity contribution is 0.112. The van der Waals surface area contributed by atoms with Gasteiger partial charge in [-0.15, -0.1) is 0 Å². The van der Waals surface area contributed by atoms with Gasteiger partial charge in [0.2, 0.25) is 0 Å². The van der Waals surface area contributed by atoms with Crippen LogP contribution in [0.5, 0.6) is 0 Å². The highest BCUT2D eigenvalue weighted by atomic mass is 19.1. The van der Waals surface area contributed by atoms with Gasteiger partial charge in [0.1, 0.15) is 11.6 Å². The van der Waals surface area contributed by atoms with Crippen molar-refractivity contribution >= 4 is 28.4 Å². The molecule has 0 amide bonds. The van der Waals surface area contributed by atoms with Crippen LogP contribution in [0.1, 0.15) is 28.9 Å². The minimum atomic E-state index is -0.747. The second-order valence-electron chi connectivity index (χ2n) is 8.69. The summed E-state index contributed by atoms with van der Waals surface area (Å²) in [6.07, 6.45) is 3.21. The molecule has 4 aromatic heterocycles. The summed E-state index contributed by atoms with van der Waals surface area (Å²) in [5.41, 5.74) is 5.00. The summed E-state index contributed by atoms with van der Waals surface area (Å²) >= 11 is 0. The topological polar surface area (TPSA) is 88.9 Å². The number of hydrogen-bond donors (Lipinski definition) is 1. The standard InChI is InChI=1S/C16H13FN2O.C15H9FN2O/c1-10(20)12-9-15-14(7-4-8-18-15)19-16(12)11-5-2-3-6-13(11)17;16-12-5-2-1-4-11(12)15-10(9-19)8-14-13(18-15)6-3-7-17-14/h2-10,20H,1H3;1-9H. The number of aliphatic hydroxyl groups is 1. The minimum absolute atomic E-state index is 0.315. The van der Waals surface area contributed by atoms with E-state index in [-0.39, 0.29) is 5.82 Å². The Morgan fingerprint density at radius 2 is 1.21 bits per heavy atom. The van der Waals surface area contributed by atoms with Crippen LogP contribution in [0, 0.1) is 11.6 Å². The Hall–Kier alpha value is -4.95. The normalized spacial score (nSPS) is 11.6. The summed E-state index contributed by atoms with van der Waals surface area (Å²) in [6.45, 7) is 1.64. The molecular formula is C31H22F2N4O2. The van der Waals surface area contributed by atoms with Crippen LogP contribution in [0.3, 0.4) is 0 Å². The van der Waals surface area contributed by atoms with Crippen LogP contribution in [-0.4, -0.2) is 31.3 Å². The highest BCUT2D eigenvalue weighted by Crippen LogP contribution is 2.31. The molecule has 6 rings (SSSR count). The van der Waals surface area contributed by atoms with Gasteiger partial charge in [-0.2, -0.15) is 0 Å². The van der Waals surface area contributed by atoms with Crippen LogP contribution in [0.25, 0.3) is 44.6 Å². The number of carbonyl (C=O) groups is 1. The van der Waals surface area contributed by atoms with Crippen LogP contribution in [-0.2, 0) is 0 Å². The molecule has 1 atom stereocenters. The zero-order valence-corrected chi connectivity index (χ0v) is 20.8. The largest absolute Gasteiger partial charge is 0.389 e. The molecule has 39 heavy (non-hydrogen) atoms. The fraction of sp³-hybridized carbons (Fsp3) is 0.0645. The first kappa shape index (κ1) is 25.7. The summed E-state index contributed by atoms with van der Waals surface area (Å²) in [4.78, 5) is 28.3. The molecule has 1 N–H and O–H groups in total. The number of fused-ring (bicyclic) bond motifs is 2. The molecule has 6 aromatic rings. The summed E-state index contributed by atoms with van der Waals surface area (Å²) in [7, 11) is 0. The van der Waals surface area contributed by atoms with E-state index in [4.69, 9.17) is 0 Å². The molecule has 0 spiro atoms. The van der Waals surface area contributed by atoms with E-state index < -0.39 is 11.9 Å². The number of pyridine rings is 4. The summed E-state index contributed by atoms with van der Waals surface area (Å²) in [5.74, 6) is -0.758. The summed E-state index contributed by atoms with van der Waals surface area (Å²) < 4.78 is 27.8. The van der Waals surface area contributed by atoms with Crippen molar-refractivity contribution < 1.29 is 18.7 Å². The monoisotopic (exact) mass is 520 g/mol. The smallest absolute Gasteiger partial charge is 0.152 e. The molecule has 0 bridgehead atoms.